The number of hydrogen-bond donors (Lipinski definition) is 1. The van der Waals surface area contributed by atoms with E-state index in [1.807, 2.05) is 12.4 Å². The zero-order valence-corrected chi connectivity index (χ0v) is 11.8. The highest BCUT2D eigenvalue weighted by molar-refractivity contribution is 5.93. The molecule has 2 nitrogen and oxygen atoms in total. The van der Waals surface area contributed by atoms with Crippen molar-refractivity contribution >= 4 is 16.5 Å². The molecule has 2 aromatic rings. The van der Waals surface area contributed by atoms with Crippen LogP contribution in [0.25, 0.3) is 10.8 Å². The average Bonchev–Trinajstić information content (AvgIpc) is 2.42. The van der Waals surface area contributed by atoms with Crippen molar-refractivity contribution in [3.8, 4) is 0 Å². The summed E-state index contributed by atoms with van der Waals surface area (Å²) in [5.74, 6) is 0. The monoisotopic (exact) mass is 254 g/mol. The Morgan fingerprint density at radius 1 is 1.16 bits per heavy atom. The van der Waals surface area contributed by atoms with E-state index in [0.717, 1.165) is 0 Å². The van der Waals surface area contributed by atoms with Crippen LogP contribution in [0, 0.1) is 5.41 Å². The molecule has 0 saturated heterocycles. The first kappa shape index (κ1) is 12.5. The van der Waals surface area contributed by atoms with Crippen LogP contribution in [0.4, 0.5) is 5.69 Å². The van der Waals surface area contributed by atoms with Gasteiger partial charge in [0.15, 0.2) is 0 Å². The lowest BCUT2D eigenvalue weighted by Crippen LogP contribution is -2.29. The van der Waals surface area contributed by atoms with Crippen LogP contribution < -0.4 is 5.32 Å². The summed E-state index contributed by atoms with van der Waals surface area (Å²) in [6.45, 7) is 4.76. The van der Waals surface area contributed by atoms with Gasteiger partial charge in [-0.15, -0.1) is 0 Å². The minimum Gasteiger partial charge on any atom is -0.382 e. The second-order valence-electron chi connectivity index (χ2n) is 6.49. The molecule has 1 aliphatic carbocycles. The fourth-order valence-corrected chi connectivity index (χ4v) is 3.01. The van der Waals surface area contributed by atoms with Gasteiger partial charge in [-0.3, -0.25) is 4.98 Å². The molecule has 1 heterocycles. The Balaban J connectivity index is 1.79. The number of hydrogen-bond acceptors (Lipinski definition) is 2. The van der Waals surface area contributed by atoms with Crippen LogP contribution in [0.15, 0.2) is 36.7 Å². The Bertz CT molecular complexity index is 559. The molecule has 0 bridgehead atoms. The summed E-state index contributed by atoms with van der Waals surface area (Å²) in [7, 11) is 0. The molecule has 0 amide bonds. The highest BCUT2D eigenvalue weighted by Crippen LogP contribution is 2.36. The smallest absolute Gasteiger partial charge is 0.0423 e. The molecule has 0 radical (unpaired) electrons. The van der Waals surface area contributed by atoms with Gasteiger partial charge < -0.3 is 5.32 Å². The van der Waals surface area contributed by atoms with Gasteiger partial charge in [0.1, 0.15) is 0 Å². The Labute approximate surface area is 115 Å². The molecule has 2 heteroatoms. The van der Waals surface area contributed by atoms with E-state index in [2.05, 4.69) is 48.4 Å². The van der Waals surface area contributed by atoms with Crippen LogP contribution in [0.1, 0.15) is 39.5 Å². The summed E-state index contributed by atoms with van der Waals surface area (Å²) in [5.41, 5.74) is 1.78. The number of aromatic nitrogens is 1. The SMILES string of the molecule is CC1(C)CCC(Nc2cccc3cnccc23)CC1. The fourth-order valence-electron chi connectivity index (χ4n) is 3.01. The van der Waals surface area contributed by atoms with Crippen LogP contribution in [0.2, 0.25) is 0 Å². The Morgan fingerprint density at radius 3 is 2.74 bits per heavy atom. The predicted octanol–water partition coefficient (Wildman–Crippen LogP) is 4.62. The standard InChI is InChI=1S/C17H22N2/c1-17(2)9-6-14(7-10-17)19-16-5-3-4-13-12-18-11-8-15(13)16/h3-5,8,11-12,14,19H,6-7,9-10H2,1-2H3. The average molecular weight is 254 g/mol. The van der Waals surface area contributed by atoms with E-state index in [1.54, 1.807) is 0 Å². The maximum absolute atomic E-state index is 4.19. The van der Waals surface area contributed by atoms with Crippen molar-refractivity contribution in [3.63, 3.8) is 0 Å². The van der Waals surface area contributed by atoms with Crippen LogP contribution in [-0.2, 0) is 0 Å². The Morgan fingerprint density at radius 2 is 1.95 bits per heavy atom. The number of nitrogens with one attached hydrogen (secondary N) is 1. The summed E-state index contributed by atoms with van der Waals surface area (Å²) >= 11 is 0. The first-order valence-corrected chi connectivity index (χ1v) is 7.23. The molecular formula is C17H22N2. The molecule has 1 N–H and O–H groups in total. The summed E-state index contributed by atoms with van der Waals surface area (Å²) in [6, 6.07) is 9.13. The number of anilines is 1. The van der Waals surface area contributed by atoms with Crippen molar-refractivity contribution in [3.05, 3.63) is 36.7 Å². The molecular weight excluding hydrogens is 232 g/mol. The topological polar surface area (TPSA) is 24.9 Å². The van der Waals surface area contributed by atoms with Crippen LogP contribution >= 0.6 is 0 Å². The van der Waals surface area contributed by atoms with Crippen LogP contribution in [-0.4, -0.2) is 11.0 Å². The summed E-state index contributed by atoms with van der Waals surface area (Å²) in [4.78, 5) is 4.19. The molecule has 100 valence electrons. The van der Waals surface area contributed by atoms with Gasteiger partial charge in [0.25, 0.3) is 0 Å². The molecule has 1 aromatic carbocycles. The molecule has 1 saturated carbocycles. The first-order valence-electron chi connectivity index (χ1n) is 7.23. The third kappa shape index (κ3) is 2.73. The highest BCUT2D eigenvalue weighted by Gasteiger charge is 2.26. The molecule has 1 aliphatic rings. The number of fused-ring (bicyclic) bond motifs is 1. The van der Waals surface area contributed by atoms with E-state index < -0.39 is 0 Å². The van der Waals surface area contributed by atoms with E-state index >= 15 is 0 Å². The van der Waals surface area contributed by atoms with Crippen molar-refractivity contribution in [2.45, 2.75) is 45.6 Å². The summed E-state index contributed by atoms with van der Waals surface area (Å²) < 4.78 is 0. The molecule has 19 heavy (non-hydrogen) atoms. The van der Waals surface area contributed by atoms with E-state index in [1.165, 1.54) is 42.1 Å². The van der Waals surface area contributed by atoms with Gasteiger partial charge in [-0.05, 0) is 43.2 Å². The van der Waals surface area contributed by atoms with Gasteiger partial charge in [0, 0.05) is 34.9 Å². The highest BCUT2D eigenvalue weighted by atomic mass is 14.9. The molecule has 1 aromatic heterocycles. The van der Waals surface area contributed by atoms with E-state index in [0.29, 0.717) is 11.5 Å². The zero-order valence-electron chi connectivity index (χ0n) is 11.8. The zero-order chi connectivity index (χ0) is 13.3. The van der Waals surface area contributed by atoms with Crippen LogP contribution in [0.3, 0.4) is 0 Å². The molecule has 1 fully saturated rings. The van der Waals surface area contributed by atoms with Gasteiger partial charge in [0.2, 0.25) is 0 Å². The Kier molecular flexibility index (Phi) is 3.17. The first-order chi connectivity index (χ1) is 9.14. The van der Waals surface area contributed by atoms with E-state index in [4.69, 9.17) is 0 Å². The maximum atomic E-state index is 4.19. The van der Waals surface area contributed by atoms with E-state index in [-0.39, 0.29) is 0 Å². The second-order valence-corrected chi connectivity index (χ2v) is 6.49. The van der Waals surface area contributed by atoms with Gasteiger partial charge in [0.05, 0.1) is 0 Å². The maximum Gasteiger partial charge on any atom is 0.0423 e. The fraction of sp³-hybridized carbons (Fsp3) is 0.471. The minimum atomic E-state index is 0.529. The van der Waals surface area contributed by atoms with Gasteiger partial charge >= 0.3 is 0 Å². The summed E-state index contributed by atoms with van der Waals surface area (Å²) in [6.07, 6.45) is 8.99. The van der Waals surface area contributed by atoms with Crippen LogP contribution in [0.5, 0.6) is 0 Å². The number of rotatable bonds is 2. The molecule has 0 atom stereocenters. The normalized spacial score (nSPS) is 19.5. The summed E-state index contributed by atoms with van der Waals surface area (Å²) in [5, 5.41) is 6.23. The molecule has 0 unspecified atom stereocenters. The third-order valence-electron chi connectivity index (χ3n) is 4.38. The van der Waals surface area contributed by atoms with Crippen molar-refractivity contribution in [1.82, 2.24) is 4.98 Å². The van der Waals surface area contributed by atoms with Gasteiger partial charge in [-0.25, -0.2) is 0 Å². The lowest BCUT2D eigenvalue weighted by molar-refractivity contribution is 0.232. The number of pyridine rings is 1. The molecule has 0 spiro atoms. The molecule has 0 aliphatic heterocycles. The second kappa shape index (κ2) is 4.84. The Hall–Kier alpha value is -1.57. The van der Waals surface area contributed by atoms with Crippen molar-refractivity contribution < 1.29 is 0 Å². The van der Waals surface area contributed by atoms with Crippen molar-refractivity contribution in [1.29, 1.82) is 0 Å². The van der Waals surface area contributed by atoms with Crippen molar-refractivity contribution in [2.75, 3.05) is 5.32 Å². The van der Waals surface area contributed by atoms with Gasteiger partial charge in [-0.2, -0.15) is 0 Å². The lowest BCUT2D eigenvalue weighted by atomic mass is 9.75. The van der Waals surface area contributed by atoms with Gasteiger partial charge in [-0.1, -0.05) is 26.0 Å². The predicted molar refractivity (Wildman–Crippen MR) is 81.4 cm³/mol. The molecule has 3 rings (SSSR count). The number of nitrogens with zero attached hydrogens (tertiary/aromatic N) is 1. The third-order valence-corrected chi connectivity index (χ3v) is 4.38. The van der Waals surface area contributed by atoms with E-state index in [9.17, 15) is 0 Å². The largest absolute Gasteiger partial charge is 0.382 e. The lowest BCUT2D eigenvalue weighted by Gasteiger charge is -2.35. The van der Waals surface area contributed by atoms with Crippen molar-refractivity contribution in [2.24, 2.45) is 5.41 Å². The number of benzene rings is 1. The quantitative estimate of drug-likeness (QED) is 0.846. The minimum absolute atomic E-state index is 0.529.